The highest BCUT2D eigenvalue weighted by atomic mass is 16.5. The third-order valence-corrected chi connectivity index (χ3v) is 15.7. The Labute approximate surface area is 462 Å². The molecule has 0 aliphatic rings. The minimum Gasteiger partial charge on any atom is -0.466 e. The van der Waals surface area contributed by atoms with Gasteiger partial charge >= 0.3 is 5.97 Å². The Morgan fingerprint density at radius 3 is 0.959 bits per heavy atom. The molecule has 0 rings (SSSR count). The van der Waals surface area contributed by atoms with Gasteiger partial charge in [-0.05, 0) is 57.8 Å². The van der Waals surface area contributed by atoms with Crippen molar-refractivity contribution in [3.63, 3.8) is 0 Å². The number of unbranched alkanes of at least 4 members (excludes halogenated alkanes) is 50. The van der Waals surface area contributed by atoms with Crippen molar-refractivity contribution in [3.05, 3.63) is 24.3 Å². The number of rotatable bonds is 63. The number of aliphatic hydroxyl groups is 2. The molecule has 0 aromatic rings. The van der Waals surface area contributed by atoms with Gasteiger partial charge in [-0.2, -0.15) is 0 Å². The smallest absolute Gasteiger partial charge is 0.305 e. The van der Waals surface area contributed by atoms with Gasteiger partial charge in [-0.15, -0.1) is 0 Å². The van der Waals surface area contributed by atoms with Gasteiger partial charge < -0.3 is 20.3 Å². The maximum Gasteiger partial charge on any atom is 0.305 e. The summed E-state index contributed by atoms with van der Waals surface area (Å²) in [7, 11) is 0. The van der Waals surface area contributed by atoms with E-state index in [9.17, 15) is 19.8 Å². The topological polar surface area (TPSA) is 95.9 Å². The number of hydrogen-bond donors (Lipinski definition) is 3. The first kappa shape index (κ1) is 72.3. The predicted octanol–water partition coefficient (Wildman–Crippen LogP) is 21.4. The Morgan fingerprint density at radius 2 is 0.635 bits per heavy atom. The Kier molecular flexibility index (Phi) is 62.4. The van der Waals surface area contributed by atoms with Crippen molar-refractivity contribution in [2.24, 2.45) is 0 Å². The molecule has 0 saturated heterocycles. The summed E-state index contributed by atoms with van der Waals surface area (Å²) >= 11 is 0. The third kappa shape index (κ3) is 59.6. The van der Waals surface area contributed by atoms with Crippen LogP contribution in [0, 0.1) is 0 Å². The fourth-order valence-electron chi connectivity index (χ4n) is 10.6. The van der Waals surface area contributed by atoms with Crippen LogP contribution in [0.15, 0.2) is 24.3 Å². The summed E-state index contributed by atoms with van der Waals surface area (Å²) in [6.07, 6.45) is 79.6. The summed E-state index contributed by atoms with van der Waals surface area (Å²) in [5.41, 5.74) is 0. The molecule has 0 aromatic carbocycles. The minimum absolute atomic E-state index is 0.0110. The van der Waals surface area contributed by atoms with E-state index in [2.05, 4.69) is 31.3 Å². The van der Waals surface area contributed by atoms with Crippen molar-refractivity contribution in [1.82, 2.24) is 5.32 Å². The molecule has 0 saturated carbocycles. The molecule has 0 bridgehead atoms. The van der Waals surface area contributed by atoms with Crippen molar-refractivity contribution in [2.75, 3.05) is 13.2 Å². The average molecular weight is 1040 g/mol. The van der Waals surface area contributed by atoms with E-state index in [4.69, 9.17) is 4.74 Å². The molecule has 0 spiro atoms. The standard InChI is InChI=1S/C68H131NO5/c1-3-5-7-9-11-13-15-17-36-40-44-48-52-56-60-66(71)65(64-70)69-67(72)61-57-53-49-45-41-37-34-32-30-28-26-24-22-20-19-21-23-25-27-29-31-33-35-39-43-47-51-55-59-63-74-68(73)62-58-54-50-46-42-38-18-16-14-12-10-8-6-4-2/h16,18,56,60,65-66,70-71H,3-15,17,19-55,57-59,61-64H2,1-2H3,(H,69,72)/b18-16-,60-56+. The highest BCUT2D eigenvalue weighted by Gasteiger charge is 2.18. The molecule has 1 amide bonds. The van der Waals surface area contributed by atoms with Crippen molar-refractivity contribution in [1.29, 1.82) is 0 Å². The Balaban J connectivity index is 3.34. The first-order valence-corrected chi connectivity index (χ1v) is 33.6. The number of allylic oxidation sites excluding steroid dienone is 3. The lowest BCUT2D eigenvalue weighted by Crippen LogP contribution is -2.45. The molecular weight excluding hydrogens is 911 g/mol. The van der Waals surface area contributed by atoms with Crippen LogP contribution < -0.4 is 5.32 Å². The van der Waals surface area contributed by atoms with E-state index in [1.54, 1.807) is 6.08 Å². The van der Waals surface area contributed by atoms with Gasteiger partial charge in [0.2, 0.25) is 5.91 Å². The summed E-state index contributed by atoms with van der Waals surface area (Å²) < 4.78 is 5.49. The van der Waals surface area contributed by atoms with Gasteiger partial charge in [-0.3, -0.25) is 9.59 Å². The van der Waals surface area contributed by atoms with Crippen LogP contribution in [0.1, 0.15) is 373 Å². The average Bonchev–Trinajstić information content (AvgIpc) is 3.40. The first-order valence-electron chi connectivity index (χ1n) is 33.6. The Hall–Kier alpha value is -1.66. The molecule has 74 heavy (non-hydrogen) atoms. The molecule has 438 valence electrons. The lowest BCUT2D eigenvalue weighted by Gasteiger charge is -2.20. The quantitative estimate of drug-likeness (QED) is 0.0320. The second-order valence-corrected chi connectivity index (χ2v) is 23.2. The molecule has 6 nitrogen and oxygen atoms in total. The number of carbonyl (C=O) groups is 2. The van der Waals surface area contributed by atoms with E-state index in [1.165, 1.54) is 302 Å². The predicted molar refractivity (Wildman–Crippen MR) is 324 cm³/mol. The Bertz CT molecular complexity index is 1150. The molecule has 2 atom stereocenters. The Morgan fingerprint density at radius 1 is 0.365 bits per heavy atom. The zero-order valence-corrected chi connectivity index (χ0v) is 50.1. The number of esters is 1. The zero-order valence-electron chi connectivity index (χ0n) is 50.1. The number of nitrogens with one attached hydrogen (secondary N) is 1. The number of carbonyl (C=O) groups excluding carboxylic acids is 2. The highest BCUT2D eigenvalue weighted by Crippen LogP contribution is 2.18. The van der Waals surface area contributed by atoms with Gasteiger partial charge in [0.15, 0.2) is 0 Å². The van der Waals surface area contributed by atoms with Gasteiger partial charge in [0.25, 0.3) is 0 Å². The second kappa shape index (κ2) is 63.9. The number of hydrogen-bond acceptors (Lipinski definition) is 5. The van der Waals surface area contributed by atoms with Crippen LogP contribution in [0.25, 0.3) is 0 Å². The van der Waals surface area contributed by atoms with Crippen molar-refractivity contribution < 1.29 is 24.5 Å². The van der Waals surface area contributed by atoms with Crippen LogP contribution in [0.3, 0.4) is 0 Å². The maximum atomic E-state index is 12.5. The number of aliphatic hydroxyl groups excluding tert-OH is 2. The summed E-state index contributed by atoms with van der Waals surface area (Å²) in [4.78, 5) is 24.5. The minimum atomic E-state index is -0.841. The van der Waals surface area contributed by atoms with E-state index < -0.39 is 12.1 Å². The van der Waals surface area contributed by atoms with Crippen molar-refractivity contribution in [3.8, 4) is 0 Å². The summed E-state index contributed by atoms with van der Waals surface area (Å²) in [6.45, 7) is 4.92. The normalized spacial score (nSPS) is 12.6. The lowest BCUT2D eigenvalue weighted by atomic mass is 10.0. The van der Waals surface area contributed by atoms with E-state index in [-0.39, 0.29) is 18.5 Å². The summed E-state index contributed by atoms with van der Waals surface area (Å²) in [5.74, 6) is -0.0517. The van der Waals surface area contributed by atoms with Crippen molar-refractivity contribution in [2.45, 2.75) is 386 Å². The molecule has 0 heterocycles. The lowest BCUT2D eigenvalue weighted by molar-refractivity contribution is -0.143. The molecule has 0 aromatic heterocycles. The highest BCUT2D eigenvalue weighted by molar-refractivity contribution is 5.76. The van der Waals surface area contributed by atoms with E-state index >= 15 is 0 Å². The van der Waals surface area contributed by atoms with Crippen LogP contribution in [-0.4, -0.2) is 47.4 Å². The summed E-state index contributed by atoms with van der Waals surface area (Å²) in [5, 5.41) is 23.1. The van der Waals surface area contributed by atoms with E-state index in [1.807, 2.05) is 6.08 Å². The zero-order chi connectivity index (χ0) is 53.6. The molecule has 0 radical (unpaired) electrons. The molecule has 6 heteroatoms. The number of amides is 1. The fourth-order valence-corrected chi connectivity index (χ4v) is 10.6. The van der Waals surface area contributed by atoms with Crippen LogP contribution in [-0.2, 0) is 14.3 Å². The number of ether oxygens (including phenoxy) is 1. The van der Waals surface area contributed by atoms with Gasteiger partial charge in [0.05, 0.1) is 25.4 Å². The molecular formula is C68H131NO5. The molecule has 3 N–H and O–H groups in total. The summed E-state index contributed by atoms with van der Waals surface area (Å²) in [6, 6.07) is -0.624. The van der Waals surface area contributed by atoms with E-state index in [0.717, 1.165) is 44.9 Å². The van der Waals surface area contributed by atoms with Gasteiger partial charge in [0, 0.05) is 12.8 Å². The fraction of sp³-hybridized carbons (Fsp3) is 0.912. The SMILES string of the molecule is CCCCCCC/C=C\CCCCCCCC(=O)OCCCCCCCCCCCCCCCCCCCCCCCCCCCCCCCC(=O)NC(CO)C(O)/C=C/CCCCCCCCCCCCCC. The van der Waals surface area contributed by atoms with Gasteiger partial charge in [-0.1, -0.05) is 327 Å². The van der Waals surface area contributed by atoms with Gasteiger partial charge in [0.1, 0.15) is 0 Å². The molecule has 0 aliphatic carbocycles. The second-order valence-electron chi connectivity index (χ2n) is 23.2. The van der Waals surface area contributed by atoms with Crippen LogP contribution >= 0.6 is 0 Å². The van der Waals surface area contributed by atoms with Crippen molar-refractivity contribution >= 4 is 11.9 Å². The molecule has 2 unspecified atom stereocenters. The molecule has 0 fully saturated rings. The van der Waals surface area contributed by atoms with E-state index in [0.29, 0.717) is 19.4 Å². The van der Waals surface area contributed by atoms with Gasteiger partial charge in [-0.25, -0.2) is 0 Å². The molecule has 0 aliphatic heterocycles. The van der Waals surface area contributed by atoms with Crippen LogP contribution in [0.2, 0.25) is 0 Å². The third-order valence-electron chi connectivity index (χ3n) is 15.7. The van der Waals surface area contributed by atoms with Crippen LogP contribution in [0.5, 0.6) is 0 Å². The monoisotopic (exact) mass is 1040 g/mol. The largest absolute Gasteiger partial charge is 0.466 e. The first-order chi connectivity index (χ1) is 36.5. The van der Waals surface area contributed by atoms with Crippen LogP contribution in [0.4, 0.5) is 0 Å². The maximum absolute atomic E-state index is 12.5.